The third-order valence-corrected chi connectivity index (χ3v) is 2.98. The zero-order chi connectivity index (χ0) is 10.4. The number of allylic oxidation sites excluding steroid dienone is 6. The second-order valence-electron chi connectivity index (χ2n) is 4.13. The smallest absolute Gasteiger partial charge is 0.0193 e. The van der Waals surface area contributed by atoms with Crippen LogP contribution >= 0.6 is 0 Å². The van der Waals surface area contributed by atoms with Crippen LogP contribution in [0.3, 0.4) is 0 Å². The SMILES string of the molecule is C/C=C\C(CC)=C(/C)CC1C=CCC1.O. The van der Waals surface area contributed by atoms with E-state index in [1.165, 1.54) is 24.8 Å². The molecule has 0 radical (unpaired) electrons. The summed E-state index contributed by atoms with van der Waals surface area (Å²) >= 11 is 0. The molecule has 1 aliphatic rings. The van der Waals surface area contributed by atoms with Crippen LogP contribution in [0.15, 0.2) is 35.5 Å². The van der Waals surface area contributed by atoms with Crippen LogP contribution in [0.25, 0.3) is 0 Å². The first-order valence-electron chi connectivity index (χ1n) is 5.75. The van der Waals surface area contributed by atoms with Gasteiger partial charge in [-0.2, -0.15) is 0 Å². The number of rotatable bonds is 4. The molecule has 1 heteroatoms. The summed E-state index contributed by atoms with van der Waals surface area (Å²) in [5, 5.41) is 0. The Labute approximate surface area is 93.9 Å². The zero-order valence-electron chi connectivity index (χ0n) is 10.2. The first-order valence-corrected chi connectivity index (χ1v) is 5.75. The van der Waals surface area contributed by atoms with Crippen molar-refractivity contribution in [3.05, 3.63) is 35.5 Å². The van der Waals surface area contributed by atoms with Crippen LogP contribution in [-0.4, -0.2) is 5.48 Å². The van der Waals surface area contributed by atoms with Crippen LogP contribution in [0.2, 0.25) is 0 Å². The molecule has 0 heterocycles. The zero-order valence-corrected chi connectivity index (χ0v) is 10.2. The molecule has 0 fully saturated rings. The Kier molecular flexibility index (Phi) is 7.06. The van der Waals surface area contributed by atoms with Gasteiger partial charge in [0.15, 0.2) is 0 Å². The average Bonchev–Trinajstić information content (AvgIpc) is 2.66. The lowest BCUT2D eigenvalue weighted by Gasteiger charge is -2.11. The van der Waals surface area contributed by atoms with Gasteiger partial charge >= 0.3 is 0 Å². The van der Waals surface area contributed by atoms with Crippen molar-refractivity contribution in [2.24, 2.45) is 5.92 Å². The minimum Gasteiger partial charge on any atom is -0.412 e. The highest BCUT2D eigenvalue weighted by Crippen LogP contribution is 2.26. The summed E-state index contributed by atoms with van der Waals surface area (Å²) in [5.74, 6) is 0.807. The van der Waals surface area contributed by atoms with Gasteiger partial charge in [-0.1, -0.05) is 36.8 Å². The minimum absolute atomic E-state index is 0. The Morgan fingerprint density at radius 3 is 2.67 bits per heavy atom. The van der Waals surface area contributed by atoms with Crippen molar-refractivity contribution in [1.82, 2.24) is 0 Å². The molecule has 0 spiro atoms. The van der Waals surface area contributed by atoms with E-state index < -0.39 is 0 Å². The Hall–Kier alpha value is -0.820. The molecule has 1 aliphatic carbocycles. The Morgan fingerprint density at radius 1 is 1.47 bits per heavy atom. The van der Waals surface area contributed by atoms with Crippen molar-refractivity contribution in [1.29, 1.82) is 0 Å². The topological polar surface area (TPSA) is 31.5 Å². The van der Waals surface area contributed by atoms with E-state index in [1.807, 2.05) is 0 Å². The fourth-order valence-electron chi connectivity index (χ4n) is 2.15. The molecular formula is C14H24O. The first-order chi connectivity index (χ1) is 6.77. The van der Waals surface area contributed by atoms with Gasteiger partial charge in [0.2, 0.25) is 0 Å². The predicted octanol–water partition coefficient (Wildman–Crippen LogP) is 3.82. The summed E-state index contributed by atoms with van der Waals surface area (Å²) in [6.07, 6.45) is 14.1. The van der Waals surface area contributed by atoms with Gasteiger partial charge in [-0.15, -0.1) is 0 Å². The molecule has 0 aromatic carbocycles. The minimum atomic E-state index is 0. The third-order valence-electron chi connectivity index (χ3n) is 2.98. The highest BCUT2D eigenvalue weighted by atomic mass is 16.0. The molecule has 0 saturated carbocycles. The van der Waals surface area contributed by atoms with E-state index in [2.05, 4.69) is 45.1 Å². The second kappa shape index (κ2) is 7.47. The van der Waals surface area contributed by atoms with Crippen LogP contribution in [0.1, 0.15) is 46.5 Å². The molecule has 0 saturated heterocycles. The van der Waals surface area contributed by atoms with Crippen molar-refractivity contribution in [3.63, 3.8) is 0 Å². The van der Waals surface area contributed by atoms with E-state index in [-0.39, 0.29) is 5.48 Å². The first kappa shape index (κ1) is 14.2. The summed E-state index contributed by atoms with van der Waals surface area (Å²) in [5.41, 5.74) is 3.09. The van der Waals surface area contributed by atoms with Crippen LogP contribution in [0.5, 0.6) is 0 Å². The van der Waals surface area contributed by atoms with E-state index in [4.69, 9.17) is 0 Å². The van der Waals surface area contributed by atoms with Crippen molar-refractivity contribution >= 4 is 0 Å². The molecule has 1 nitrogen and oxygen atoms in total. The fourth-order valence-corrected chi connectivity index (χ4v) is 2.15. The van der Waals surface area contributed by atoms with Gasteiger partial charge in [0.1, 0.15) is 0 Å². The van der Waals surface area contributed by atoms with Crippen LogP contribution in [0, 0.1) is 5.92 Å². The molecule has 0 aliphatic heterocycles. The van der Waals surface area contributed by atoms with Crippen molar-refractivity contribution in [3.8, 4) is 0 Å². The van der Waals surface area contributed by atoms with Gasteiger partial charge in [-0.3, -0.25) is 0 Å². The molecule has 1 atom stereocenters. The molecular weight excluding hydrogens is 184 g/mol. The van der Waals surface area contributed by atoms with Gasteiger partial charge in [-0.05, 0) is 51.0 Å². The lowest BCUT2D eigenvalue weighted by molar-refractivity contribution is 0.622. The summed E-state index contributed by atoms with van der Waals surface area (Å²) in [7, 11) is 0. The molecule has 15 heavy (non-hydrogen) atoms. The molecule has 1 unspecified atom stereocenters. The molecule has 0 amide bonds. The Morgan fingerprint density at radius 2 is 2.20 bits per heavy atom. The van der Waals surface area contributed by atoms with Gasteiger partial charge in [0.05, 0.1) is 0 Å². The molecule has 2 N–H and O–H groups in total. The van der Waals surface area contributed by atoms with Gasteiger partial charge in [-0.25, -0.2) is 0 Å². The average molecular weight is 208 g/mol. The van der Waals surface area contributed by atoms with Gasteiger partial charge in [0, 0.05) is 0 Å². The predicted molar refractivity (Wildman–Crippen MR) is 67.9 cm³/mol. The lowest BCUT2D eigenvalue weighted by Crippen LogP contribution is -1.95. The highest BCUT2D eigenvalue weighted by molar-refractivity contribution is 5.25. The van der Waals surface area contributed by atoms with Crippen LogP contribution in [0.4, 0.5) is 0 Å². The standard InChI is InChI=1S/C14H22.H2O/c1-4-8-14(5-2)12(3)11-13-9-6-7-10-13;/h4,6,8-9,13H,5,7,10-11H2,1-3H3;1H2/b8-4-,14-12+;. The van der Waals surface area contributed by atoms with Crippen molar-refractivity contribution in [2.45, 2.75) is 46.5 Å². The van der Waals surface area contributed by atoms with Crippen LogP contribution < -0.4 is 0 Å². The van der Waals surface area contributed by atoms with E-state index in [0.717, 1.165) is 12.3 Å². The second-order valence-corrected chi connectivity index (χ2v) is 4.13. The molecule has 1 rings (SSSR count). The largest absolute Gasteiger partial charge is 0.412 e. The van der Waals surface area contributed by atoms with Gasteiger partial charge in [0.25, 0.3) is 0 Å². The number of hydrogen-bond acceptors (Lipinski definition) is 0. The maximum Gasteiger partial charge on any atom is -0.0193 e. The van der Waals surface area contributed by atoms with E-state index in [1.54, 1.807) is 5.57 Å². The molecule has 0 aromatic rings. The Bertz CT molecular complexity index is 259. The Balaban J connectivity index is 0.00000196. The fraction of sp³-hybridized carbons (Fsp3) is 0.571. The van der Waals surface area contributed by atoms with E-state index >= 15 is 0 Å². The van der Waals surface area contributed by atoms with E-state index in [9.17, 15) is 0 Å². The molecule has 0 bridgehead atoms. The number of hydrogen-bond donors (Lipinski definition) is 0. The molecule has 86 valence electrons. The summed E-state index contributed by atoms with van der Waals surface area (Å²) in [4.78, 5) is 0. The maximum atomic E-state index is 2.38. The monoisotopic (exact) mass is 208 g/mol. The third kappa shape index (κ3) is 4.48. The van der Waals surface area contributed by atoms with Gasteiger partial charge < -0.3 is 5.48 Å². The summed E-state index contributed by atoms with van der Waals surface area (Å²) in [6, 6.07) is 0. The van der Waals surface area contributed by atoms with Crippen molar-refractivity contribution in [2.75, 3.05) is 0 Å². The summed E-state index contributed by atoms with van der Waals surface area (Å²) < 4.78 is 0. The van der Waals surface area contributed by atoms with E-state index in [0.29, 0.717) is 0 Å². The lowest BCUT2D eigenvalue weighted by atomic mass is 9.95. The maximum absolute atomic E-state index is 2.38. The highest BCUT2D eigenvalue weighted by Gasteiger charge is 2.10. The normalized spacial score (nSPS) is 21.7. The molecule has 0 aromatic heterocycles. The summed E-state index contributed by atoms with van der Waals surface area (Å²) in [6.45, 7) is 6.62. The van der Waals surface area contributed by atoms with Crippen molar-refractivity contribution < 1.29 is 5.48 Å². The quantitative estimate of drug-likeness (QED) is 0.497. The van der Waals surface area contributed by atoms with Crippen LogP contribution in [-0.2, 0) is 0 Å².